The Morgan fingerprint density at radius 3 is 2.69 bits per heavy atom. The van der Waals surface area contributed by atoms with Crippen molar-refractivity contribution in [1.82, 2.24) is 5.16 Å². The Balaban J connectivity index is 1.42. The van der Waals surface area contributed by atoms with Crippen molar-refractivity contribution in [3.63, 3.8) is 0 Å². The standard InChI is InChI=1S/C21H19N3O2/c25-21(17-13-20(26-23-17)15-9-10-15)22-16-6-2-4-8-19(16)24-12-11-14-5-1-3-7-18(14)24/h1-8,13,15H,9-12H2,(H,22,25). The summed E-state index contributed by atoms with van der Waals surface area (Å²) in [6.45, 7) is 0.905. The van der Waals surface area contributed by atoms with Gasteiger partial charge in [0.15, 0.2) is 5.69 Å². The van der Waals surface area contributed by atoms with Crippen LogP contribution in [0.15, 0.2) is 59.1 Å². The van der Waals surface area contributed by atoms with Crippen LogP contribution in [-0.4, -0.2) is 17.6 Å². The Morgan fingerprint density at radius 2 is 1.85 bits per heavy atom. The number of nitrogens with one attached hydrogen (secondary N) is 1. The number of hydrogen-bond acceptors (Lipinski definition) is 4. The van der Waals surface area contributed by atoms with Crippen molar-refractivity contribution >= 4 is 23.0 Å². The molecule has 3 aromatic rings. The first-order valence-electron chi connectivity index (χ1n) is 9.02. The normalized spacial score (nSPS) is 15.8. The molecule has 0 bridgehead atoms. The van der Waals surface area contributed by atoms with Crippen molar-refractivity contribution in [3.05, 3.63) is 71.6 Å². The fourth-order valence-corrected chi connectivity index (χ4v) is 3.55. The molecule has 0 unspecified atom stereocenters. The molecule has 0 radical (unpaired) electrons. The summed E-state index contributed by atoms with van der Waals surface area (Å²) >= 11 is 0. The maximum atomic E-state index is 12.6. The SMILES string of the molecule is O=C(Nc1ccccc1N1CCc2ccccc21)c1cc(C2CC2)on1. The summed E-state index contributed by atoms with van der Waals surface area (Å²) in [5.41, 5.74) is 4.65. The van der Waals surface area contributed by atoms with Crippen molar-refractivity contribution in [2.24, 2.45) is 0 Å². The second-order valence-electron chi connectivity index (χ2n) is 6.89. The van der Waals surface area contributed by atoms with Crippen molar-refractivity contribution in [3.8, 4) is 0 Å². The van der Waals surface area contributed by atoms with Crippen molar-refractivity contribution in [2.45, 2.75) is 25.2 Å². The fourth-order valence-electron chi connectivity index (χ4n) is 3.55. The van der Waals surface area contributed by atoms with Crippen LogP contribution in [0.5, 0.6) is 0 Å². The van der Waals surface area contributed by atoms with E-state index < -0.39 is 0 Å². The van der Waals surface area contributed by atoms with Gasteiger partial charge >= 0.3 is 0 Å². The summed E-state index contributed by atoms with van der Waals surface area (Å²) in [6, 6.07) is 18.1. The van der Waals surface area contributed by atoms with Gasteiger partial charge in [-0.3, -0.25) is 4.79 Å². The Bertz CT molecular complexity index is 975. The highest BCUT2D eigenvalue weighted by molar-refractivity contribution is 6.05. The molecule has 1 aliphatic carbocycles. The second kappa shape index (κ2) is 6.02. The van der Waals surface area contributed by atoms with Crippen LogP contribution < -0.4 is 10.2 Å². The molecule has 0 spiro atoms. The minimum Gasteiger partial charge on any atom is -0.360 e. The molecule has 1 amide bonds. The van der Waals surface area contributed by atoms with Crippen molar-refractivity contribution in [1.29, 1.82) is 0 Å². The zero-order valence-electron chi connectivity index (χ0n) is 14.3. The van der Waals surface area contributed by atoms with E-state index in [1.165, 1.54) is 11.3 Å². The van der Waals surface area contributed by atoms with E-state index in [9.17, 15) is 4.79 Å². The van der Waals surface area contributed by atoms with E-state index in [4.69, 9.17) is 4.52 Å². The lowest BCUT2D eigenvalue weighted by Crippen LogP contribution is -2.18. The van der Waals surface area contributed by atoms with E-state index in [0.29, 0.717) is 11.6 Å². The predicted octanol–water partition coefficient (Wildman–Crippen LogP) is 4.50. The number of amides is 1. The Hall–Kier alpha value is -3.08. The third-order valence-corrected chi connectivity index (χ3v) is 5.07. The molecule has 0 saturated heterocycles. The molecule has 2 heterocycles. The van der Waals surface area contributed by atoms with Gasteiger partial charge in [-0.15, -0.1) is 0 Å². The number of nitrogens with zero attached hydrogens (tertiary/aromatic N) is 2. The maximum absolute atomic E-state index is 12.6. The number of aromatic nitrogens is 1. The number of para-hydroxylation sites is 3. The second-order valence-corrected chi connectivity index (χ2v) is 6.89. The summed E-state index contributed by atoms with van der Waals surface area (Å²) in [5, 5.41) is 6.94. The Kier molecular flexibility index (Phi) is 3.52. The number of carbonyl (C=O) groups is 1. The number of fused-ring (bicyclic) bond motifs is 1. The van der Waals surface area contributed by atoms with E-state index in [1.54, 1.807) is 6.07 Å². The molecule has 1 aromatic heterocycles. The Labute approximate surface area is 151 Å². The fraction of sp³-hybridized carbons (Fsp3) is 0.238. The number of benzene rings is 2. The van der Waals surface area contributed by atoms with Gasteiger partial charge in [-0.25, -0.2) is 0 Å². The van der Waals surface area contributed by atoms with E-state index in [-0.39, 0.29) is 5.91 Å². The molecule has 1 saturated carbocycles. The van der Waals surface area contributed by atoms with Crippen LogP contribution in [0.2, 0.25) is 0 Å². The molecule has 1 aliphatic heterocycles. The lowest BCUT2D eigenvalue weighted by Gasteiger charge is -2.22. The average molecular weight is 345 g/mol. The quantitative estimate of drug-likeness (QED) is 0.756. The van der Waals surface area contributed by atoms with Gasteiger partial charge in [-0.2, -0.15) is 0 Å². The largest absolute Gasteiger partial charge is 0.360 e. The van der Waals surface area contributed by atoms with Crippen molar-refractivity contribution in [2.75, 3.05) is 16.8 Å². The summed E-state index contributed by atoms with van der Waals surface area (Å²) in [4.78, 5) is 14.9. The molecule has 5 nitrogen and oxygen atoms in total. The highest BCUT2D eigenvalue weighted by Gasteiger charge is 2.29. The number of hydrogen-bond donors (Lipinski definition) is 1. The maximum Gasteiger partial charge on any atom is 0.277 e. The van der Waals surface area contributed by atoms with Gasteiger partial charge in [-0.1, -0.05) is 35.5 Å². The van der Waals surface area contributed by atoms with Crippen LogP contribution in [-0.2, 0) is 6.42 Å². The van der Waals surface area contributed by atoms with Gasteiger partial charge in [0.05, 0.1) is 11.4 Å². The molecule has 26 heavy (non-hydrogen) atoms. The highest BCUT2D eigenvalue weighted by Crippen LogP contribution is 2.40. The lowest BCUT2D eigenvalue weighted by molar-refractivity contribution is 0.101. The van der Waals surface area contributed by atoms with E-state index >= 15 is 0 Å². The molecular weight excluding hydrogens is 326 g/mol. The molecule has 5 rings (SSSR count). The molecule has 1 N–H and O–H groups in total. The molecule has 2 aliphatic rings. The first-order chi connectivity index (χ1) is 12.8. The summed E-state index contributed by atoms with van der Waals surface area (Å²) < 4.78 is 5.30. The van der Waals surface area contributed by atoms with Gasteiger partial charge in [0.2, 0.25) is 0 Å². The lowest BCUT2D eigenvalue weighted by atomic mass is 10.1. The number of anilines is 3. The predicted molar refractivity (Wildman–Crippen MR) is 100 cm³/mol. The third-order valence-electron chi connectivity index (χ3n) is 5.07. The van der Waals surface area contributed by atoms with Crippen LogP contribution in [0.25, 0.3) is 0 Å². The summed E-state index contributed by atoms with van der Waals surface area (Å²) in [6.07, 6.45) is 3.24. The molecule has 5 heteroatoms. The minimum absolute atomic E-state index is 0.236. The molecule has 0 atom stereocenters. The van der Waals surface area contributed by atoms with Crippen molar-refractivity contribution < 1.29 is 9.32 Å². The van der Waals surface area contributed by atoms with Gasteiger partial charge < -0.3 is 14.7 Å². The van der Waals surface area contributed by atoms with Gasteiger partial charge in [-0.05, 0) is 43.0 Å². The van der Waals surface area contributed by atoms with Crippen LogP contribution in [0.1, 0.15) is 40.6 Å². The first kappa shape index (κ1) is 15.2. The van der Waals surface area contributed by atoms with Crippen LogP contribution >= 0.6 is 0 Å². The highest BCUT2D eigenvalue weighted by atomic mass is 16.5. The minimum atomic E-state index is -0.236. The third kappa shape index (κ3) is 2.65. The van der Waals surface area contributed by atoms with Gasteiger partial charge in [0, 0.05) is 24.2 Å². The van der Waals surface area contributed by atoms with Crippen LogP contribution in [0, 0.1) is 0 Å². The van der Waals surface area contributed by atoms with Gasteiger partial charge in [0.25, 0.3) is 5.91 Å². The van der Waals surface area contributed by atoms with E-state index in [1.807, 2.05) is 30.3 Å². The zero-order valence-corrected chi connectivity index (χ0v) is 14.3. The van der Waals surface area contributed by atoms with E-state index in [2.05, 4.69) is 33.6 Å². The Morgan fingerprint density at radius 1 is 1.08 bits per heavy atom. The molecule has 2 aromatic carbocycles. The number of carbonyl (C=O) groups excluding carboxylic acids is 1. The molecular formula is C21H19N3O2. The molecule has 1 fully saturated rings. The van der Waals surface area contributed by atoms with E-state index in [0.717, 1.165) is 42.9 Å². The summed E-state index contributed by atoms with van der Waals surface area (Å²) in [5.74, 6) is 1.02. The number of rotatable bonds is 4. The topological polar surface area (TPSA) is 58.4 Å². The smallest absolute Gasteiger partial charge is 0.277 e. The van der Waals surface area contributed by atoms with Crippen LogP contribution in [0.4, 0.5) is 17.1 Å². The monoisotopic (exact) mass is 345 g/mol. The zero-order chi connectivity index (χ0) is 17.5. The molecule has 130 valence electrons. The first-order valence-corrected chi connectivity index (χ1v) is 9.02. The van der Waals surface area contributed by atoms with Gasteiger partial charge in [0.1, 0.15) is 5.76 Å². The average Bonchev–Trinajstić information content (AvgIpc) is 3.25. The van der Waals surface area contributed by atoms with Crippen LogP contribution in [0.3, 0.4) is 0 Å². The summed E-state index contributed by atoms with van der Waals surface area (Å²) in [7, 11) is 0.